The number of aliphatic carboxylic acids is 1. The summed E-state index contributed by atoms with van der Waals surface area (Å²) in [5.41, 5.74) is 4.48. The molecule has 0 fully saturated rings. The van der Waals surface area contributed by atoms with Gasteiger partial charge < -0.3 is 20.5 Å². The maximum atomic E-state index is 12.7. The maximum absolute atomic E-state index is 12.7. The Morgan fingerprint density at radius 3 is 2.03 bits per heavy atom. The van der Waals surface area contributed by atoms with Crippen LogP contribution in [0.4, 0.5) is 4.79 Å². The third kappa shape index (κ3) is 5.92. The van der Waals surface area contributed by atoms with Gasteiger partial charge in [0, 0.05) is 5.92 Å². The summed E-state index contributed by atoms with van der Waals surface area (Å²) in [7, 11) is 0. The molecule has 0 spiro atoms. The van der Waals surface area contributed by atoms with Crippen LogP contribution in [0.3, 0.4) is 0 Å². The molecule has 7 nitrogen and oxygen atoms in total. The SMILES string of the molecule is CCCC[C@H](NC(=O)[C@H](CCC)NC(=O)OCC1c2ccccc2-c2ccccc21)C(=O)O. The van der Waals surface area contributed by atoms with Crippen LogP contribution in [0, 0.1) is 0 Å². The van der Waals surface area contributed by atoms with E-state index in [9.17, 15) is 19.5 Å². The molecule has 0 saturated heterocycles. The first kappa shape index (κ1) is 24.3. The van der Waals surface area contributed by atoms with Crippen LogP contribution >= 0.6 is 0 Å². The number of benzene rings is 2. The molecule has 2 amide bonds. The Labute approximate surface area is 194 Å². The fraction of sp³-hybridized carbons (Fsp3) is 0.423. The second-order valence-electron chi connectivity index (χ2n) is 8.35. The summed E-state index contributed by atoms with van der Waals surface area (Å²) in [4.78, 5) is 36.7. The third-order valence-electron chi connectivity index (χ3n) is 5.99. The number of carbonyl (C=O) groups is 3. The van der Waals surface area contributed by atoms with Gasteiger partial charge in [-0.2, -0.15) is 0 Å². The highest BCUT2D eigenvalue weighted by atomic mass is 16.5. The van der Waals surface area contributed by atoms with Gasteiger partial charge in [0.2, 0.25) is 5.91 Å². The fourth-order valence-electron chi connectivity index (χ4n) is 4.28. The van der Waals surface area contributed by atoms with E-state index in [1.165, 1.54) is 0 Å². The van der Waals surface area contributed by atoms with Gasteiger partial charge in [-0.3, -0.25) is 4.79 Å². The Balaban J connectivity index is 1.62. The maximum Gasteiger partial charge on any atom is 0.407 e. The Hall–Kier alpha value is -3.35. The largest absolute Gasteiger partial charge is 0.480 e. The monoisotopic (exact) mass is 452 g/mol. The molecule has 0 unspecified atom stereocenters. The first-order valence-electron chi connectivity index (χ1n) is 11.6. The predicted molar refractivity (Wildman–Crippen MR) is 126 cm³/mol. The lowest BCUT2D eigenvalue weighted by molar-refractivity contribution is -0.142. The highest BCUT2D eigenvalue weighted by Gasteiger charge is 2.30. The van der Waals surface area contributed by atoms with Crippen LogP contribution < -0.4 is 10.6 Å². The lowest BCUT2D eigenvalue weighted by atomic mass is 9.98. The molecule has 3 rings (SSSR count). The standard InChI is InChI=1S/C26H32N2O5/c1-3-5-15-23(25(30)31)27-24(29)22(10-4-2)28-26(32)33-16-21-19-13-8-6-11-17(19)18-12-7-9-14-20(18)21/h6-9,11-14,21-23H,3-5,10,15-16H2,1-2H3,(H,27,29)(H,28,32)(H,30,31)/t22-,23-/m0/s1. The number of alkyl carbamates (subject to hydrolysis) is 1. The number of carbonyl (C=O) groups excluding carboxylic acids is 2. The lowest BCUT2D eigenvalue weighted by Gasteiger charge is -2.21. The van der Waals surface area contributed by atoms with Crippen molar-refractivity contribution in [1.29, 1.82) is 0 Å². The van der Waals surface area contributed by atoms with Gasteiger partial charge in [-0.25, -0.2) is 9.59 Å². The molecule has 0 radical (unpaired) electrons. The zero-order chi connectivity index (χ0) is 23.8. The van der Waals surface area contributed by atoms with Crippen molar-refractivity contribution >= 4 is 18.0 Å². The van der Waals surface area contributed by atoms with Gasteiger partial charge in [0.15, 0.2) is 0 Å². The van der Waals surface area contributed by atoms with Crippen molar-refractivity contribution in [3.63, 3.8) is 0 Å². The van der Waals surface area contributed by atoms with E-state index in [1.54, 1.807) is 0 Å². The number of ether oxygens (including phenoxy) is 1. The average Bonchev–Trinajstić information content (AvgIpc) is 3.13. The Morgan fingerprint density at radius 1 is 0.879 bits per heavy atom. The molecule has 0 heterocycles. The van der Waals surface area contributed by atoms with Gasteiger partial charge >= 0.3 is 12.1 Å². The number of hydrogen-bond acceptors (Lipinski definition) is 4. The highest BCUT2D eigenvalue weighted by Crippen LogP contribution is 2.44. The van der Waals surface area contributed by atoms with Crippen LogP contribution in [-0.2, 0) is 14.3 Å². The number of rotatable bonds is 11. The average molecular weight is 453 g/mol. The number of amides is 2. The summed E-state index contributed by atoms with van der Waals surface area (Å²) in [6.07, 6.45) is 2.21. The second kappa shape index (κ2) is 11.5. The summed E-state index contributed by atoms with van der Waals surface area (Å²) >= 11 is 0. The molecule has 0 saturated carbocycles. The van der Waals surface area contributed by atoms with Crippen molar-refractivity contribution in [3.05, 3.63) is 59.7 Å². The summed E-state index contributed by atoms with van der Waals surface area (Å²) in [5.74, 6) is -1.66. The van der Waals surface area contributed by atoms with E-state index in [2.05, 4.69) is 22.8 Å². The number of hydrogen-bond donors (Lipinski definition) is 3. The van der Waals surface area contributed by atoms with Crippen LogP contribution in [0.15, 0.2) is 48.5 Å². The van der Waals surface area contributed by atoms with Crippen LogP contribution in [0.1, 0.15) is 63.0 Å². The molecule has 176 valence electrons. The normalized spacial score (nSPS) is 14.0. The molecule has 2 atom stereocenters. The summed E-state index contributed by atoms with van der Waals surface area (Å²) in [6.45, 7) is 4.00. The molecule has 3 N–H and O–H groups in total. The minimum Gasteiger partial charge on any atom is -0.480 e. The molecular weight excluding hydrogens is 420 g/mol. The first-order valence-corrected chi connectivity index (χ1v) is 11.6. The van der Waals surface area contributed by atoms with Gasteiger partial charge in [-0.1, -0.05) is 81.6 Å². The van der Waals surface area contributed by atoms with E-state index in [1.807, 2.05) is 50.2 Å². The zero-order valence-electron chi connectivity index (χ0n) is 19.2. The van der Waals surface area contributed by atoms with Crippen molar-refractivity contribution in [2.75, 3.05) is 6.61 Å². The third-order valence-corrected chi connectivity index (χ3v) is 5.99. The molecule has 2 aromatic carbocycles. The summed E-state index contributed by atoms with van der Waals surface area (Å²) in [5, 5.41) is 14.6. The first-order chi connectivity index (χ1) is 16.0. The summed E-state index contributed by atoms with van der Waals surface area (Å²) in [6, 6.07) is 14.3. The summed E-state index contributed by atoms with van der Waals surface area (Å²) < 4.78 is 5.54. The zero-order valence-corrected chi connectivity index (χ0v) is 19.2. The fourth-order valence-corrected chi connectivity index (χ4v) is 4.28. The molecule has 33 heavy (non-hydrogen) atoms. The molecule has 0 bridgehead atoms. The molecule has 7 heteroatoms. The van der Waals surface area contributed by atoms with Gasteiger partial charge in [0.25, 0.3) is 0 Å². The number of unbranched alkanes of at least 4 members (excludes halogenated alkanes) is 1. The van der Waals surface area contributed by atoms with Gasteiger partial charge in [-0.05, 0) is 35.1 Å². The quantitative estimate of drug-likeness (QED) is 0.467. The molecule has 1 aliphatic rings. The number of carboxylic acid groups (broad SMARTS) is 1. The molecular formula is C26H32N2O5. The van der Waals surface area contributed by atoms with Crippen LogP contribution in [0.5, 0.6) is 0 Å². The van der Waals surface area contributed by atoms with Crippen molar-refractivity contribution in [1.82, 2.24) is 10.6 Å². The number of nitrogens with one attached hydrogen (secondary N) is 2. The number of carboxylic acids is 1. The van der Waals surface area contributed by atoms with Gasteiger partial charge in [0.05, 0.1) is 0 Å². The van der Waals surface area contributed by atoms with Crippen LogP contribution in [0.2, 0.25) is 0 Å². The minimum absolute atomic E-state index is 0.0768. The minimum atomic E-state index is -1.08. The second-order valence-corrected chi connectivity index (χ2v) is 8.35. The van der Waals surface area contributed by atoms with Gasteiger partial charge in [0.1, 0.15) is 18.7 Å². The van der Waals surface area contributed by atoms with E-state index in [0.717, 1.165) is 28.7 Å². The van der Waals surface area contributed by atoms with E-state index < -0.39 is 30.1 Å². The lowest BCUT2D eigenvalue weighted by Crippen LogP contribution is -2.51. The van der Waals surface area contributed by atoms with Crippen molar-refractivity contribution in [2.45, 2.75) is 64.0 Å². The van der Waals surface area contributed by atoms with Crippen molar-refractivity contribution in [3.8, 4) is 11.1 Å². The van der Waals surface area contributed by atoms with Crippen molar-refractivity contribution < 1.29 is 24.2 Å². The van der Waals surface area contributed by atoms with Gasteiger partial charge in [-0.15, -0.1) is 0 Å². The smallest absolute Gasteiger partial charge is 0.407 e. The van der Waals surface area contributed by atoms with Crippen LogP contribution in [0.25, 0.3) is 11.1 Å². The topological polar surface area (TPSA) is 105 Å². The Morgan fingerprint density at radius 2 is 1.48 bits per heavy atom. The predicted octanol–water partition coefficient (Wildman–Crippen LogP) is 4.45. The molecule has 1 aliphatic carbocycles. The van der Waals surface area contributed by atoms with E-state index in [0.29, 0.717) is 25.7 Å². The molecule has 0 aliphatic heterocycles. The Bertz CT molecular complexity index is 945. The van der Waals surface area contributed by atoms with E-state index >= 15 is 0 Å². The van der Waals surface area contributed by atoms with Crippen LogP contribution in [-0.4, -0.2) is 41.8 Å². The van der Waals surface area contributed by atoms with Crippen molar-refractivity contribution in [2.24, 2.45) is 0 Å². The molecule has 2 aromatic rings. The van der Waals surface area contributed by atoms with E-state index in [-0.39, 0.29) is 12.5 Å². The van der Waals surface area contributed by atoms with E-state index in [4.69, 9.17) is 4.74 Å². The Kier molecular flexibility index (Phi) is 8.46. The number of fused-ring (bicyclic) bond motifs is 3. The highest BCUT2D eigenvalue weighted by molar-refractivity contribution is 5.89. The molecule has 0 aromatic heterocycles.